The van der Waals surface area contributed by atoms with Crippen LogP contribution < -0.4 is 5.32 Å². The summed E-state index contributed by atoms with van der Waals surface area (Å²) in [6.07, 6.45) is 17.1. The van der Waals surface area contributed by atoms with Gasteiger partial charge in [0.15, 0.2) is 0 Å². The smallest absolute Gasteiger partial charge is 0.239 e. The Morgan fingerprint density at radius 2 is 1.67 bits per heavy atom. The van der Waals surface area contributed by atoms with Crippen molar-refractivity contribution in [1.29, 1.82) is 5.26 Å². The monoisotopic (exact) mass is 469 g/mol. The lowest BCUT2D eigenvalue weighted by Gasteiger charge is -2.41. The third-order valence-electron chi connectivity index (χ3n) is 9.06. The first-order valence-electron chi connectivity index (χ1n) is 13.5. The molecule has 1 amide bonds. The fraction of sp³-hybridized carbons (Fsp3) is 0.786. The normalized spacial score (nSPS) is 22.7. The molecule has 0 bridgehead atoms. The van der Waals surface area contributed by atoms with Crippen LogP contribution in [0.5, 0.6) is 0 Å². The first kappa shape index (κ1) is 24.7. The van der Waals surface area contributed by atoms with E-state index in [-0.39, 0.29) is 5.91 Å². The number of amides is 1. The van der Waals surface area contributed by atoms with Crippen molar-refractivity contribution in [2.24, 2.45) is 11.3 Å². The molecule has 0 saturated heterocycles. The Hall–Kier alpha value is -1.38. The summed E-state index contributed by atoms with van der Waals surface area (Å²) < 4.78 is 0. The molecule has 0 aromatic carbocycles. The van der Waals surface area contributed by atoms with Crippen molar-refractivity contribution in [2.75, 3.05) is 11.9 Å². The number of hydrogen-bond donors (Lipinski definition) is 1. The summed E-state index contributed by atoms with van der Waals surface area (Å²) in [5.41, 5.74) is 2.26. The van der Waals surface area contributed by atoms with E-state index in [1.807, 2.05) is 0 Å². The van der Waals surface area contributed by atoms with Crippen LogP contribution >= 0.6 is 11.3 Å². The Morgan fingerprint density at radius 1 is 1.06 bits per heavy atom. The summed E-state index contributed by atoms with van der Waals surface area (Å²) in [7, 11) is 0. The van der Waals surface area contributed by atoms with Crippen molar-refractivity contribution in [2.45, 2.75) is 123 Å². The minimum absolute atomic E-state index is 0.0756. The molecule has 0 radical (unpaired) electrons. The fourth-order valence-electron chi connectivity index (χ4n) is 6.46. The summed E-state index contributed by atoms with van der Waals surface area (Å²) in [5.74, 6) is 0.725. The van der Waals surface area contributed by atoms with Crippen molar-refractivity contribution in [3.05, 3.63) is 16.0 Å². The molecule has 1 N–H and O–H groups in total. The second-order valence-electron chi connectivity index (χ2n) is 11.4. The van der Waals surface area contributed by atoms with Crippen LogP contribution in [0.4, 0.5) is 5.00 Å². The third kappa shape index (κ3) is 5.65. The van der Waals surface area contributed by atoms with Crippen molar-refractivity contribution in [3.63, 3.8) is 0 Å². The second-order valence-corrected chi connectivity index (χ2v) is 12.5. The van der Waals surface area contributed by atoms with E-state index in [0.29, 0.717) is 30.0 Å². The summed E-state index contributed by atoms with van der Waals surface area (Å²) in [4.78, 5) is 17.2. The maximum atomic E-state index is 13.3. The van der Waals surface area contributed by atoms with E-state index in [4.69, 9.17) is 0 Å². The predicted octanol–water partition coefficient (Wildman–Crippen LogP) is 7.07. The molecule has 3 aliphatic rings. The Balaban J connectivity index is 1.47. The Bertz CT molecular complexity index is 837. The number of anilines is 1. The lowest BCUT2D eigenvalue weighted by atomic mass is 9.69. The van der Waals surface area contributed by atoms with Crippen LogP contribution in [-0.4, -0.2) is 29.4 Å². The van der Waals surface area contributed by atoms with E-state index < -0.39 is 0 Å². The molecule has 1 atom stereocenters. The number of rotatable bonds is 7. The zero-order valence-electron chi connectivity index (χ0n) is 21.0. The quantitative estimate of drug-likeness (QED) is 0.465. The van der Waals surface area contributed by atoms with Crippen molar-refractivity contribution in [1.82, 2.24) is 4.90 Å². The number of nitriles is 1. The second kappa shape index (κ2) is 10.9. The molecule has 182 valence electrons. The van der Waals surface area contributed by atoms with E-state index in [9.17, 15) is 10.1 Å². The van der Waals surface area contributed by atoms with E-state index in [0.717, 1.165) is 29.8 Å². The largest absolute Gasteiger partial charge is 0.315 e. The fourth-order valence-corrected chi connectivity index (χ4v) is 7.76. The number of hydrogen-bond acceptors (Lipinski definition) is 4. The van der Waals surface area contributed by atoms with Gasteiger partial charge in [-0.05, 0) is 61.8 Å². The van der Waals surface area contributed by atoms with Crippen molar-refractivity contribution < 1.29 is 4.79 Å². The highest BCUT2D eigenvalue weighted by Gasteiger charge is 2.35. The van der Waals surface area contributed by atoms with Gasteiger partial charge >= 0.3 is 0 Å². The molecular formula is C28H43N3OS. The van der Waals surface area contributed by atoms with Gasteiger partial charge in [-0.2, -0.15) is 5.26 Å². The molecular weight excluding hydrogens is 426 g/mol. The summed E-state index contributed by atoms with van der Waals surface area (Å²) in [6, 6.07) is 3.54. The lowest BCUT2D eigenvalue weighted by Crippen LogP contribution is -2.48. The number of thiophene rings is 1. The van der Waals surface area contributed by atoms with Crippen molar-refractivity contribution >= 4 is 22.2 Å². The molecule has 4 nitrogen and oxygen atoms in total. The molecule has 0 aliphatic heterocycles. The highest BCUT2D eigenvalue weighted by atomic mass is 32.1. The zero-order chi connectivity index (χ0) is 23.4. The van der Waals surface area contributed by atoms with Gasteiger partial charge in [-0.1, -0.05) is 65.7 Å². The highest BCUT2D eigenvalue weighted by Crippen LogP contribution is 2.45. The van der Waals surface area contributed by atoms with Crippen molar-refractivity contribution in [3.8, 4) is 6.07 Å². The van der Waals surface area contributed by atoms with E-state index in [1.54, 1.807) is 11.3 Å². The molecule has 1 aromatic rings. The highest BCUT2D eigenvalue weighted by molar-refractivity contribution is 7.16. The number of carbonyl (C=O) groups is 1. The maximum absolute atomic E-state index is 13.3. The van der Waals surface area contributed by atoms with Gasteiger partial charge in [-0.3, -0.25) is 9.69 Å². The molecule has 33 heavy (non-hydrogen) atoms. The molecule has 5 heteroatoms. The summed E-state index contributed by atoms with van der Waals surface area (Å²) >= 11 is 1.67. The summed E-state index contributed by atoms with van der Waals surface area (Å²) in [5, 5.41) is 13.9. The number of carbonyl (C=O) groups excluding carboxylic acids is 1. The SMILES string of the molecule is CCC(C)(C)C1CCc2c(sc(NC(=O)CN(C3CCCCC3)C3CCCCC3)c2C#N)C1. The molecule has 1 aromatic heterocycles. The first-order chi connectivity index (χ1) is 15.9. The standard InChI is InChI=1S/C28H43N3OS/c1-4-28(2,3)20-15-16-23-24(18-29)27(33-25(23)17-20)30-26(32)19-31(21-11-7-5-8-12-21)22-13-9-6-10-14-22/h20-22H,4-17,19H2,1-3H3,(H,30,32). The Labute approximate surface area is 205 Å². The van der Waals surface area contributed by atoms with E-state index >= 15 is 0 Å². The van der Waals surface area contributed by atoms with Gasteiger partial charge in [0.1, 0.15) is 11.1 Å². The third-order valence-corrected chi connectivity index (χ3v) is 10.2. The molecule has 4 rings (SSSR count). The van der Waals surface area contributed by atoms with Gasteiger partial charge in [-0.15, -0.1) is 11.3 Å². The van der Waals surface area contributed by atoms with Crippen LogP contribution in [0.15, 0.2) is 0 Å². The molecule has 2 fully saturated rings. The molecule has 0 spiro atoms. The zero-order valence-corrected chi connectivity index (χ0v) is 21.9. The average molecular weight is 470 g/mol. The van der Waals surface area contributed by atoms with Gasteiger partial charge in [0.25, 0.3) is 0 Å². The Kier molecular flexibility index (Phi) is 8.18. The van der Waals surface area contributed by atoms with Crippen LogP contribution in [0.2, 0.25) is 0 Å². The van der Waals surface area contributed by atoms with Crippen LogP contribution in [0.25, 0.3) is 0 Å². The molecule has 1 heterocycles. The first-order valence-corrected chi connectivity index (χ1v) is 14.3. The minimum atomic E-state index is 0.0756. The van der Waals surface area contributed by atoms with Gasteiger partial charge in [0.2, 0.25) is 5.91 Å². The minimum Gasteiger partial charge on any atom is -0.315 e. The maximum Gasteiger partial charge on any atom is 0.239 e. The summed E-state index contributed by atoms with van der Waals surface area (Å²) in [6.45, 7) is 7.50. The van der Waals surface area contributed by atoms with Gasteiger partial charge in [0, 0.05) is 17.0 Å². The van der Waals surface area contributed by atoms with Crippen LogP contribution in [0.3, 0.4) is 0 Å². The molecule has 3 aliphatic carbocycles. The number of nitrogens with zero attached hydrogens (tertiary/aromatic N) is 2. The predicted molar refractivity (Wildman–Crippen MR) is 138 cm³/mol. The van der Waals surface area contributed by atoms with E-state index in [1.165, 1.54) is 81.1 Å². The number of fused-ring (bicyclic) bond motifs is 1. The Morgan fingerprint density at radius 3 is 2.21 bits per heavy atom. The topological polar surface area (TPSA) is 56.1 Å². The molecule has 1 unspecified atom stereocenters. The van der Waals surface area contributed by atoms with Gasteiger partial charge < -0.3 is 5.32 Å². The van der Waals surface area contributed by atoms with Crippen LogP contribution in [-0.2, 0) is 17.6 Å². The van der Waals surface area contributed by atoms with Gasteiger partial charge in [-0.25, -0.2) is 0 Å². The number of nitrogens with one attached hydrogen (secondary N) is 1. The van der Waals surface area contributed by atoms with Gasteiger partial charge in [0.05, 0.1) is 12.1 Å². The van der Waals surface area contributed by atoms with E-state index in [2.05, 4.69) is 37.1 Å². The molecule has 2 saturated carbocycles. The van der Waals surface area contributed by atoms with Crippen LogP contribution in [0.1, 0.15) is 114 Å². The van der Waals surface area contributed by atoms with Crippen LogP contribution in [0, 0.1) is 22.7 Å². The average Bonchev–Trinajstić information content (AvgIpc) is 3.19. The lowest BCUT2D eigenvalue weighted by molar-refractivity contribution is -0.119.